The van der Waals surface area contributed by atoms with E-state index in [-0.39, 0.29) is 35.8 Å². The summed E-state index contributed by atoms with van der Waals surface area (Å²) in [7, 11) is 0. The lowest BCUT2D eigenvalue weighted by Gasteiger charge is -2.30. The van der Waals surface area contributed by atoms with E-state index in [1.165, 1.54) is 17.0 Å². The summed E-state index contributed by atoms with van der Waals surface area (Å²) in [6.07, 6.45) is -12.6. The van der Waals surface area contributed by atoms with Gasteiger partial charge < -0.3 is 10.2 Å². The van der Waals surface area contributed by atoms with Crippen molar-refractivity contribution in [3.63, 3.8) is 0 Å². The minimum Gasteiger partial charge on any atom is -0.321 e. The maximum absolute atomic E-state index is 14.3. The second-order valence-corrected chi connectivity index (χ2v) is 8.76. The molecule has 2 amide bonds. The van der Waals surface area contributed by atoms with Gasteiger partial charge in [-0.1, -0.05) is 41.9 Å². The van der Waals surface area contributed by atoms with Gasteiger partial charge in [0.25, 0.3) is 11.8 Å². The molecule has 0 saturated heterocycles. The highest BCUT2D eigenvalue weighted by Gasteiger charge is 2.73. The predicted octanol–water partition coefficient (Wildman–Crippen LogP) is 7.35. The smallest absolute Gasteiger partial charge is 0.321 e. The molecule has 0 fully saturated rings. The summed E-state index contributed by atoms with van der Waals surface area (Å²) in [5.41, 5.74) is -5.30. The summed E-state index contributed by atoms with van der Waals surface area (Å²) in [5.74, 6) is -1.07. The van der Waals surface area contributed by atoms with Crippen molar-refractivity contribution in [2.24, 2.45) is 0 Å². The molecule has 1 heterocycles. The van der Waals surface area contributed by atoms with Crippen LogP contribution in [0.3, 0.4) is 0 Å². The zero-order chi connectivity index (χ0) is 27.3. The van der Waals surface area contributed by atoms with E-state index < -0.39 is 34.5 Å². The first-order chi connectivity index (χ1) is 17.1. The highest BCUT2D eigenvalue weighted by molar-refractivity contribution is 6.34. The highest BCUT2D eigenvalue weighted by atomic mass is 35.5. The Hall–Kier alpha value is -3.60. The summed E-state index contributed by atoms with van der Waals surface area (Å²) < 4.78 is 92.5. The van der Waals surface area contributed by atoms with Gasteiger partial charge in [-0.3, -0.25) is 9.59 Å². The van der Waals surface area contributed by atoms with Crippen molar-refractivity contribution < 1.29 is 40.3 Å². The molecule has 1 aliphatic heterocycles. The van der Waals surface area contributed by atoms with Crippen molar-refractivity contribution in [3.8, 4) is 0 Å². The van der Waals surface area contributed by atoms with Gasteiger partial charge in [0.15, 0.2) is 0 Å². The predicted molar refractivity (Wildman–Crippen MR) is 122 cm³/mol. The van der Waals surface area contributed by atoms with Crippen LogP contribution in [0.15, 0.2) is 60.7 Å². The molecule has 37 heavy (non-hydrogen) atoms. The van der Waals surface area contributed by atoms with E-state index in [1.54, 1.807) is 37.3 Å². The monoisotopic (exact) mass is 544 g/mol. The van der Waals surface area contributed by atoms with Gasteiger partial charge in [0.2, 0.25) is 0 Å². The Morgan fingerprint density at radius 2 is 1.57 bits per heavy atom. The van der Waals surface area contributed by atoms with Crippen molar-refractivity contribution in [2.45, 2.75) is 31.5 Å². The van der Waals surface area contributed by atoms with E-state index in [9.17, 15) is 40.3 Å². The first kappa shape index (κ1) is 26.5. The number of rotatable bonds is 4. The van der Waals surface area contributed by atoms with Gasteiger partial charge in [0, 0.05) is 22.4 Å². The van der Waals surface area contributed by atoms with E-state index in [4.69, 9.17) is 11.6 Å². The van der Waals surface area contributed by atoms with Gasteiger partial charge in [-0.15, -0.1) is 0 Å². The van der Waals surface area contributed by atoms with Crippen LogP contribution >= 0.6 is 11.6 Å². The number of nitrogens with one attached hydrogen (secondary N) is 1. The maximum Gasteiger partial charge on any atom is 0.435 e. The molecule has 0 unspecified atom stereocenters. The number of fused-ring (bicyclic) bond motifs is 1. The number of hydrogen-bond donors (Lipinski definition) is 1. The molecule has 0 atom stereocenters. The molecule has 0 saturated carbocycles. The fourth-order valence-corrected chi connectivity index (χ4v) is 4.23. The number of hydrogen-bond acceptors (Lipinski definition) is 2. The van der Waals surface area contributed by atoms with Gasteiger partial charge in [0.05, 0.1) is 17.3 Å². The third-order valence-corrected chi connectivity index (χ3v) is 6.29. The summed E-state index contributed by atoms with van der Waals surface area (Å²) in [5, 5.41) is 1.55. The van der Waals surface area contributed by atoms with Gasteiger partial charge in [-0.25, -0.2) is 4.39 Å². The number of carbonyl (C=O) groups excluding carboxylic acids is 2. The van der Waals surface area contributed by atoms with Crippen LogP contribution in [0.4, 0.5) is 42.1 Å². The van der Waals surface area contributed by atoms with Crippen LogP contribution in [0, 0.1) is 6.92 Å². The van der Waals surface area contributed by atoms with Crippen molar-refractivity contribution in [1.29, 1.82) is 0 Å². The number of anilines is 2. The van der Waals surface area contributed by atoms with Crippen molar-refractivity contribution >= 4 is 34.8 Å². The summed E-state index contributed by atoms with van der Waals surface area (Å²) in [6, 6.07) is 12.5. The molecule has 0 spiro atoms. The molecule has 194 valence electrons. The maximum atomic E-state index is 14.3. The van der Waals surface area contributed by atoms with Crippen molar-refractivity contribution in [2.75, 3.05) is 10.2 Å². The lowest BCUT2D eigenvalue weighted by Crippen LogP contribution is -2.50. The van der Waals surface area contributed by atoms with E-state index >= 15 is 0 Å². The number of benzene rings is 3. The molecule has 4 nitrogen and oxygen atoms in total. The van der Waals surface area contributed by atoms with E-state index in [1.807, 2.05) is 0 Å². The second-order valence-electron chi connectivity index (χ2n) is 8.35. The van der Waals surface area contributed by atoms with Crippen LogP contribution < -0.4 is 10.2 Å². The Morgan fingerprint density at radius 1 is 0.919 bits per heavy atom. The van der Waals surface area contributed by atoms with E-state index in [0.717, 1.165) is 5.56 Å². The molecule has 3 aromatic carbocycles. The average molecular weight is 545 g/mol. The fourth-order valence-electron chi connectivity index (χ4n) is 4.00. The molecule has 0 aromatic heterocycles. The zero-order valence-electron chi connectivity index (χ0n) is 18.8. The van der Waals surface area contributed by atoms with Crippen molar-refractivity contribution in [1.82, 2.24) is 0 Å². The summed E-state index contributed by atoms with van der Waals surface area (Å²) in [6.45, 7) is 2.00. The minimum atomic E-state index is -6.30. The molecule has 1 aliphatic rings. The average Bonchev–Trinajstić information content (AvgIpc) is 3.15. The Balaban J connectivity index is 1.61. The van der Waals surface area contributed by atoms with Crippen LogP contribution in [-0.2, 0) is 12.2 Å². The number of alkyl halides is 7. The molecule has 3 aromatic rings. The number of amides is 2. The second kappa shape index (κ2) is 9.05. The molecule has 12 heteroatoms. The Labute approximate surface area is 210 Å². The number of carbonyl (C=O) groups is 2. The molecule has 0 bridgehead atoms. The first-order valence-electron chi connectivity index (χ1n) is 10.6. The quantitative estimate of drug-likeness (QED) is 0.349. The molecular weight excluding hydrogens is 529 g/mol. The topological polar surface area (TPSA) is 49.4 Å². The van der Waals surface area contributed by atoms with Crippen molar-refractivity contribution in [3.05, 3.63) is 93.5 Å². The highest BCUT2D eigenvalue weighted by Crippen LogP contribution is 2.53. The molecule has 0 aliphatic carbocycles. The Bertz CT molecular complexity index is 1390. The van der Waals surface area contributed by atoms with E-state index in [0.29, 0.717) is 22.9 Å². The first-order valence-corrected chi connectivity index (χ1v) is 11.0. The number of nitrogens with zero attached hydrogens (tertiary/aromatic N) is 1. The SMILES string of the molecule is Cc1ccc(C(=O)Nc2ccc(C(F)(C(F)(F)F)C(F)(F)F)cc2Cl)cc1N1Cc2ccccc2C1=O. The molecule has 4 rings (SSSR count). The fraction of sp³-hybridized carbons (Fsp3) is 0.200. The van der Waals surface area contributed by atoms with E-state index in [2.05, 4.69) is 5.32 Å². The van der Waals surface area contributed by atoms with Gasteiger partial charge in [0.1, 0.15) is 0 Å². The third-order valence-electron chi connectivity index (χ3n) is 5.98. The summed E-state index contributed by atoms with van der Waals surface area (Å²) in [4.78, 5) is 27.2. The van der Waals surface area contributed by atoms with Gasteiger partial charge in [-0.05, 0) is 48.4 Å². The Morgan fingerprint density at radius 3 is 2.16 bits per heavy atom. The minimum absolute atomic E-state index is 0.0370. The summed E-state index contributed by atoms with van der Waals surface area (Å²) >= 11 is 5.83. The molecular formula is C25H16ClF7N2O2. The van der Waals surface area contributed by atoms with Crippen LogP contribution in [0.2, 0.25) is 5.02 Å². The normalized spacial score (nSPS) is 14.1. The van der Waals surface area contributed by atoms with Gasteiger partial charge in [-0.2, -0.15) is 26.3 Å². The lowest BCUT2D eigenvalue weighted by molar-refractivity contribution is -0.348. The standard InChI is InChI=1S/C25H16ClF7N2O2/c1-13-6-7-14(10-20(13)35-12-15-4-2-3-5-17(15)22(35)37)21(36)34-19-9-8-16(11-18(19)26)23(27,24(28,29)30)25(31,32)33/h2-11H,12H2,1H3,(H,34,36). The van der Waals surface area contributed by atoms with Crippen LogP contribution in [0.5, 0.6) is 0 Å². The largest absolute Gasteiger partial charge is 0.435 e. The number of halogens is 8. The number of aryl methyl sites for hydroxylation is 1. The van der Waals surface area contributed by atoms with Crippen LogP contribution in [0.25, 0.3) is 0 Å². The molecule has 0 radical (unpaired) electrons. The lowest BCUT2D eigenvalue weighted by atomic mass is 9.94. The van der Waals surface area contributed by atoms with Gasteiger partial charge >= 0.3 is 18.0 Å². The molecule has 1 N–H and O–H groups in total. The Kier molecular flexibility index (Phi) is 6.48. The zero-order valence-corrected chi connectivity index (χ0v) is 19.5. The van der Waals surface area contributed by atoms with Crippen LogP contribution in [-0.4, -0.2) is 24.2 Å². The van der Waals surface area contributed by atoms with Crippen LogP contribution in [0.1, 0.15) is 37.4 Å². The third kappa shape index (κ3) is 4.52.